The summed E-state index contributed by atoms with van der Waals surface area (Å²) >= 11 is 1.51. The van der Waals surface area contributed by atoms with Gasteiger partial charge in [0.05, 0.1) is 6.54 Å². The van der Waals surface area contributed by atoms with Crippen molar-refractivity contribution in [1.29, 1.82) is 0 Å². The molecule has 0 aromatic carbocycles. The van der Waals surface area contributed by atoms with Crippen LogP contribution in [0, 0.1) is 6.92 Å². The summed E-state index contributed by atoms with van der Waals surface area (Å²) in [5, 5.41) is 11.9. The Labute approximate surface area is 178 Å². The molecule has 0 spiro atoms. The Kier molecular flexibility index (Phi) is 7.09. The van der Waals surface area contributed by atoms with Crippen LogP contribution in [0.5, 0.6) is 6.01 Å². The van der Waals surface area contributed by atoms with Gasteiger partial charge in [-0.25, -0.2) is 9.78 Å². The summed E-state index contributed by atoms with van der Waals surface area (Å²) in [6, 6.07) is 0.324. The highest BCUT2D eigenvalue weighted by atomic mass is 32.1. The fourth-order valence-electron chi connectivity index (χ4n) is 3.44. The van der Waals surface area contributed by atoms with Gasteiger partial charge in [0, 0.05) is 31.3 Å². The predicted octanol–water partition coefficient (Wildman–Crippen LogP) is 2.05. The maximum absolute atomic E-state index is 13.3. The summed E-state index contributed by atoms with van der Waals surface area (Å²) in [4.78, 5) is 35.0. The molecule has 3 aromatic heterocycles. The maximum Gasteiger partial charge on any atom is 0.332 e. The van der Waals surface area contributed by atoms with Crippen LogP contribution >= 0.6 is 11.3 Å². The third-order valence-electron chi connectivity index (χ3n) is 5.04. The summed E-state index contributed by atoms with van der Waals surface area (Å²) in [7, 11) is 1.59. The van der Waals surface area contributed by atoms with Gasteiger partial charge in [-0.1, -0.05) is 20.3 Å². The Balaban J connectivity index is 2.22. The molecule has 0 radical (unpaired) electrons. The van der Waals surface area contributed by atoms with Gasteiger partial charge in [-0.15, -0.1) is 11.3 Å². The van der Waals surface area contributed by atoms with Crippen molar-refractivity contribution >= 4 is 22.5 Å². The average Bonchev–Trinajstić information content (AvgIpc) is 3.30. The number of ether oxygens (including phenoxy) is 1. The summed E-state index contributed by atoms with van der Waals surface area (Å²) in [5.74, 6) is 0. The second kappa shape index (κ2) is 9.57. The summed E-state index contributed by atoms with van der Waals surface area (Å²) in [5.41, 5.74) is 0.625. The second-order valence-electron chi connectivity index (χ2n) is 7.35. The molecule has 0 saturated heterocycles. The van der Waals surface area contributed by atoms with Crippen LogP contribution < -0.4 is 16.0 Å². The van der Waals surface area contributed by atoms with Gasteiger partial charge in [0.15, 0.2) is 11.2 Å². The van der Waals surface area contributed by atoms with E-state index < -0.39 is 11.2 Å². The van der Waals surface area contributed by atoms with Crippen LogP contribution in [-0.4, -0.2) is 41.5 Å². The van der Waals surface area contributed by atoms with E-state index >= 15 is 0 Å². The van der Waals surface area contributed by atoms with E-state index in [2.05, 4.69) is 23.8 Å². The van der Waals surface area contributed by atoms with Crippen molar-refractivity contribution in [3.8, 4) is 6.01 Å². The molecule has 1 unspecified atom stereocenters. The first-order chi connectivity index (χ1) is 14.4. The molecule has 0 aliphatic heterocycles. The zero-order chi connectivity index (χ0) is 21.8. The molecule has 30 heavy (non-hydrogen) atoms. The summed E-state index contributed by atoms with van der Waals surface area (Å²) < 4.78 is 10.4. The van der Waals surface area contributed by atoms with E-state index in [9.17, 15) is 9.59 Å². The molecule has 1 N–H and O–H groups in total. The molecule has 9 nitrogen and oxygen atoms in total. The van der Waals surface area contributed by atoms with Crippen LogP contribution in [0.4, 0.5) is 0 Å². The van der Waals surface area contributed by atoms with Crippen LogP contribution in [0.2, 0.25) is 0 Å². The van der Waals surface area contributed by atoms with E-state index in [1.54, 1.807) is 11.6 Å². The highest BCUT2D eigenvalue weighted by molar-refractivity contribution is 7.09. The van der Waals surface area contributed by atoms with Gasteiger partial charge in [0.1, 0.15) is 11.1 Å². The molecule has 10 heteroatoms. The normalized spacial score (nSPS) is 12.6. The van der Waals surface area contributed by atoms with E-state index in [-0.39, 0.29) is 19.3 Å². The molecular formula is C20H29N5O4S. The van der Waals surface area contributed by atoms with Crippen molar-refractivity contribution in [2.45, 2.75) is 65.6 Å². The van der Waals surface area contributed by atoms with Gasteiger partial charge in [0.25, 0.3) is 11.6 Å². The minimum atomic E-state index is -0.456. The van der Waals surface area contributed by atoms with Crippen molar-refractivity contribution in [3.05, 3.63) is 36.9 Å². The largest absolute Gasteiger partial charge is 0.461 e. The van der Waals surface area contributed by atoms with Crippen LogP contribution in [0.15, 0.2) is 15.0 Å². The Morgan fingerprint density at radius 3 is 2.60 bits per heavy atom. The molecule has 0 amide bonds. The van der Waals surface area contributed by atoms with E-state index in [1.807, 2.05) is 12.3 Å². The maximum atomic E-state index is 13.3. The molecule has 3 heterocycles. The molecule has 164 valence electrons. The SMILES string of the molecule is CCCC(CC)Oc1nc2c(c(=O)n(CCCO)c(=O)n2C)n1Cc1nc(C)cs1. The van der Waals surface area contributed by atoms with Crippen molar-refractivity contribution < 1.29 is 9.84 Å². The van der Waals surface area contributed by atoms with Crippen LogP contribution in [0.1, 0.15) is 50.2 Å². The molecule has 0 fully saturated rings. The molecular weight excluding hydrogens is 406 g/mol. The van der Waals surface area contributed by atoms with E-state index in [0.717, 1.165) is 34.5 Å². The first kappa shape index (κ1) is 22.2. The highest BCUT2D eigenvalue weighted by Gasteiger charge is 2.23. The molecule has 3 rings (SSSR count). The number of nitrogens with zero attached hydrogens (tertiary/aromatic N) is 5. The number of aliphatic hydroxyl groups is 1. The lowest BCUT2D eigenvalue weighted by atomic mass is 10.2. The minimum absolute atomic E-state index is 0.0303. The van der Waals surface area contributed by atoms with Crippen molar-refractivity contribution in [2.75, 3.05) is 6.61 Å². The second-order valence-corrected chi connectivity index (χ2v) is 8.29. The number of hydrogen-bond acceptors (Lipinski definition) is 7. The lowest BCUT2D eigenvalue weighted by molar-refractivity contribution is 0.164. The smallest absolute Gasteiger partial charge is 0.332 e. The number of rotatable bonds is 10. The van der Waals surface area contributed by atoms with Gasteiger partial charge in [-0.3, -0.25) is 18.5 Å². The standard InChI is InChI=1S/C20H29N5O4S/c1-5-8-14(6-2)29-19-22-17-16(25(19)11-15-21-13(3)12-30-15)18(27)24(9-7-10-26)20(28)23(17)4/h12,14,26H,5-11H2,1-4H3. The third-order valence-corrected chi connectivity index (χ3v) is 5.99. The number of hydrogen-bond donors (Lipinski definition) is 1. The van der Waals surface area contributed by atoms with Gasteiger partial charge < -0.3 is 9.84 Å². The molecule has 3 aromatic rings. The number of aryl methyl sites for hydroxylation is 2. The predicted molar refractivity (Wildman–Crippen MR) is 117 cm³/mol. The minimum Gasteiger partial charge on any atom is -0.461 e. The third kappa shape index (κ3) is 4.34. The zero-order valence-electron chi connectivity index (χ0n) is 17.9. The van der Waals surface area contributed by atoms with Gasteiger partial charge >= 0.3 is 5.69 Å². The monoisotopic (exact) mass is 435 g/mol. The molecule has 0 aliphatic carbocycles. The topological polar surface area (TPSA) is 104 Å². The number of imidazole rings is 1. The van der Waals surface area contributed by atoms with Gasteiger partial charge in [-0.05, 0) is 26.2 Å². The Morgan fingerprint density at radius 2 is 2.00 bits per heavy atom. The fourth-order valence-corrected chi connectivity index (χ4v) is 4.20. The Morgan fingerprint density at radius 1 is 1.23 bits per heavy atom. The lowest BCUT2D eigenvalue weighted by Crippen LogP contribution is -2.39. The number of thiazole rings is 1. The molecule has 0 saturated carbocycles. The van der Waals surface area contributed by atoms with Gasteiger partial charge in [-0.2, -0.15) is 4.98 Å². The van der Waals surface area contributed by atoms with E-state index in [0.29, 0.717) is 30.1 Å². The molecule has 1 atom stereocenters. The fraction of sp³-hybridized carbons (Fsp3) is 0.600. The quantitative estimate of drug-likeness (QED) is 0.523. The lowest BCUT2D eigenvalue weighted by Gasteiger charge is -2.16. The van der Waals surface area contributed by atoms with Crippen molar-refractivity contribution in [2.24, 2.45) is 7.05 Å². The van der Waals surface area contributed by atoms with E-state index in [1.165, 1.54) is 15.9 Å². The zero-order valence-corrected chi connectivity index (χ0v) is 18.7. The first-order valence-electron chi connectivity index (χ1n) is 10.3. The highest BCUT2D eigenvalue weighted by Crippen LogP contribution is 2.23. The first-order valence-corrected chi connectivity index (χ1v) is 11.2. The van der Waals surface area contributed by atoms with Gasteiger partial charge in [0.2, 0.25) is 0 Å². The Hall–Kier alpha value is -2.46. The Bertz CT molecular complexity index is 1130. The number of aromatic nitrogens is 5. The number of fused-ring (bicyclic) bond motifs is 1. The summed E-state index contributed by atoms with van der Waals surface area (Å²) in [6.07, 6.45) is 2.94. The van der Waals surface area contributed by atoms with Crippen molar-refractivity contribution in [3.63, 3.8) is 0 Å². The van der Waals surface area contributed by atoms with Crippen LogP contribution in [0.25, 0.3) is 11.2 Å². The summed E-state index contributed by atoms with van der Waals surface area (Å²) in [6.45, 7) is 6.44. The van der Waals surface area contributed by atoms with Crippen molar-refractivity contribution in [1.82, 2.24) is 23.7 Å². The van der Waals surface area contributed by atoms with Crippen LogP contribution in [-0.2, 0) is 20.1 Å². The molecule has 0 aliphatic rings. The van der Waals surface area contributed by atoms with Crippen LogP contribution in [0.3, 0.4) is 0 Å². The molecule has 0 bridgehead atoms. The van der Waals surface area contributed by atoms with E-state index in [4.69, 9.17) is 9.84 Å². The number of aliphatic hydroxyl groups excluding tert-OH is 1. The average molecular weight is 436 g/mol.